The number of aromatic hydroxyl groups is 1. The number of amides is 2. The molecule has 1 aliphatic rings. The van der Waals surface area contributed by atoms with Crippen LogP contribution in [-0.2, 0) is 16.0 Å². The lowest BCUT2D eigenvalue weighted by atomic mass is 9.96. The molecule has 2 rings (SSSR count). The van der Waals surface area contributed by atoms with E-state index in [1.807, 2.05) is 12.1 Å². The monoisotopic (exact) mass is 290 g/mol. The number of phenols is 1. The number of rotatable bonds is 4. The Labute approximate surface area is 125 Å². The van der Waals surface area contributed by atoms with Gasteiger partial charge in [-0.15, -0.1) is 0 Å². The molecule has 0 atom stereocenters. The summed E-state index contributed by atoms with van der Waals surface area (Å²) < 4.78 is 0. The molecule has 0 aromatic heterocycles. The van der Waals surface area contributed by atoms with Crippen LogP contribution in [0.2, 0.25) is 0 Å². The van der Waals surface area contributed by atoms with Gasteiger partial charge in [-0.05, 0) is 30.9 Å². The third-order valence-corrected chi connectivity index (χ3v) is 4.00. The number of piperidine rings is 1. The molecule has 5 heteroatoms. The molecule has 1 saturated heterocycles. The molecule has 0 saturated carbocycles. The number of hydrogen-bond acceptors (Lipinski definition) is 3. The Morgan fingerprint density at radius 3 is 2.57 bits per heavy atom. The number of carbonyl (C=O) groups excluding carboxylic acids is 2. The van der Waals surface area contributed by atoms with Crippen molar-refractivity contribution in [3.05, 3.63) is 29.8 Å². The number of benzene rings is 1. The first kappa shape index (κ1) is 15.4. The molecule has 1 fully saturated rings. The van der Waals surface area contributed by atoms with Crippen LogP contribution in [0.1, 0.15) is 25.3 Å². The van der Waals surface area contributed by atoms with Crippen LogP contribution in [0, 0.1) is 5.92 Å². The maximum absolute atomic E-state index is 12.1. The van der Waals surface area contributed by atoms with Crippen LogP contribution in [-0.4, -0.2) is 41.5 Å². The molecule has 0 unspecified atom stereocenters. The number of para-hydroxylation sites is 1. The molecule has 0 spiro atoms. The van der Waals surface area contributed by atoms with Crippen LogP contribution in [0.4, 0.5) is 0 Å². The molecular formula is C16H22N2O3. The van der Waals surface area contributed by atoms with Crippen molar-refractivity contribution in [3.8, 4) is 5.75 Å². The van der Waals surface area contributed by atoms with E-state index in [4.69, 9.17) is 0 Å². The first-order valence-corrected chi connectivity index (χ1v) is 7.38. The third-order valence-electron chi connectivity index (χ3n) is 4.00. The van der Waals surface area contributed by atoms with Gasteiger partial charge in [-0.25, -0.2) is 0 Å². The molecule has 0 radical (unpaired) electrons. The fraction of sp³-hybridized carbons (Fsp3) is 0.500. The summed E-state index contributed by atoms with van der Waals surface area (Å²) >= 11 is 0. The van der Waals surface area contributed by atoms with E-state index in [-0.39, 0.29) is 23.5 Å². The van der Waals surface area contributed by atoms with Crippen molar-refractivity contribution in [1.82, 2.24) is 10.2 Å². The maximum Gasteiger partial charge on any atom is 0.223 e. The van der Waals surface area contributed by atoms with Crippen molar-refractivity contribution in [1.29, 1.82) is 0 Å². The molecule has 21 heavy (non-hydrogen) atoms. The van der Waals surface area contributed by atoms with E-state index >= 15 is 0 Å². The molecule has 5 nitrogen and oxygen atoms in total. The Bertz CT molecular complexity index is 508. The summed E-state index contributed by atoms with van der Waals surface area (Å²) in [5.41, 5.74) is 0.837. The predicted molar refractivity (Wildman–Crippen MR) is 79.8 cm³/mol. The highest BCUT2D eigenvalue weighted by molar-refractivity contribution is 5.79. The quantitative estimate of drug-likeness (QED) is 0.878. The Balaban J connectivity index is 1.73. The standard InChI is InChI=1S/C16H22N2O3/c1-12(19)18-10-7-14(8-11-18)16(21)17-9-6-13-4-2-3-5-15(13)20/h2-5,14,20H,6-11H2,1H3,(H,17,21). The number of hydrogen-bond donors (Lipinski definition) is 2. The van der Waals surface area contributed by atoms with E-state index in [0.717, 1.165) is 18.4 Å². The average molecular weight is 290 g/mol. The van der Waals surface area contributed by atoms with Crippen LogP contribution in [0.5, 0.6) is 5.75 Å². The topological polar surface area (TPSA) is 69.6 Å². The number of nitrogens with zero attached hydrogens (tertiary/aromatic N) is 1. The van der Waals surface area contributed by atoms with Crippen LogP contribution in [0.15, 0.2) is 24.3 Å². The number of likely N-dealkylation sites (tertiary alicyclic amines) is 1. The zero-order valence-electron chi connectivity index (χ0n) is 12.3. The van der Waals surface area contributed by atoms with Crippen LogP contribution in [0.25, 0.3) is 0 Å². The SMILES string of the molecule is CC(=O)N1CCC(C(=O)NCCc2ccccc2O)CC1. The third kappa shape index (κ3) is 4.21. The lowest BCUT2D eigenvalue weighted by Crippen LogP contribution is -2.42. The van der Waals surface area contributed by atoms with Gasteiger partial charge in [0.15, 0.2) is 0 Å². The van der Waals surface area contributed by atoms with Crippen molar-refractivity contribution in [2.75, 3.05) is 19.6 Å². The lowest BCUT2D eigenvalue weighted by Gasteiger charge is -2.30. The minimum absolute atomic E-state index is 0.00929. The minimum atomic E-state index is -0.00929. The first-order valence-electron chi connectivity index (χ1n) is 7.38. The average Bonchev–Trinajstić information content (AvgIpc) is 2.49. The van der Waals surface area contributed by atoms with Crippen molar-refractivity contribution < 1.29 is 14.7 Å². The largest absolute Gasteiger partial charge is 0.508 e. The Kier molecular flexibility index (Phi) is 5.20. The van der Waals surface area contributed by atoms with Gasteiger partial charge < -0.3 is 15.3 Å². The highest BCUT2D eigenvalue weighted by Gasteiger charge is 2.25. The van der Waals surface area contributed by atoms with Crippen LogP contribution < -0.4 is 5.32 Å². The van der Waals surface area contributed by atoms with Gasteiger partial charge in [0.25, 0.3) is 0 Å². The molecule has 0 aliphatic carbocycles. The molecule has 1 aromatic rings. The van der Waals surface area contributed by atoms with E-state index < -0.39 is 0 Å². The summed E-state index contributed by atoms with van der Waals surface area (Å²) in [7, 11) is 0. The second-order valence-electron chi connectivity index (χ2n) is 5.45. The zero-order chi connectivity index (χ0) is 15.2. The molecular weight excluding hydrogens is 268 g/mol. The Morgan fingerprint density at radius 1 is 1.29 bits per heavy atom. The van der Waals surface area contributed by atoms with Gasteiger partial charge in [-0.1, -0.05) is 18.2 Å². The second kappa shape index (κ2) is 7.11. The smallest absolute Gasteiger partial charge is 0.223 e. The van der Waals surface area contributed by atoms with Crippen molar-refractivity contribution in [2.45, 2.75) is 26.2 Å². The van der Waals surface area contributed by atoms with Gasteiger partial charge in [-0.2, -0.15) is 0 Å². The van der Waals surface area contributed by atoms with Gasteiger partial charge in [-0.3, -0.25) is 9.59 Å². The van der Waals surface area contributed by atoms with E-state index in [2.05, 4.69) is 5.32 Å². The fourth-order valence-corrected chi connectivity index (χ4v) is 2.64. The van der Waals surface area contributed by atoms with Crippen LogP contribution in [0.3, 0.4) is 0 Å². The van der Waals surface area contributed by atoms with Gasteiger partial charge >= 0.3 is 0 Å². The number of nitrogens with one attached hydrogen (secondary N) is 1. The van der Waals surface area contributed by atoms with Gasteiger partial charge in [0.2, 0.25) is 11.8 Å². The second-order valence-corrected chi connectivity index (χ2v) is 5.45. The molecule has 2 amide bonds. The molecule has 2 N–H and O–H groups in total. The normalized spacial score (nSPS) is 15.8. The predicted octanol–water partition coefficient (Wildman–Crippen LogP) is 1.31. The first-order chi connectivity index (χ1) is 10.1. The fourth-order valence-electron chi connectivity index (χ4n) is 2.64. The summed E-state index contributed by atoms with van der Waals surface area (Å²) in [6.45, 7) is 3.40. The van der Waals surface area contributed by atoms with E-state index in [1.165, 1.54) is 0 Å². The van der Waals surface area contributed by atoms with Crippen molar-refractivity contribution in [2.24, 2.45) is 5.92 Å². The van der Waals surface area contributed by atoms with Crippen molar-refractivity contribution in [3.63, 3.8) is 0 Å². The Morgan fingerprint density at radius 2 is 1.95 bits per heavy atom. The highest BCUT2D eigenvalue weighted by Crippen LogP contribution is 2.18. The summed E-state index contributed by atoms with van der Waals surface area (Å²) in [6.07, 6.45) is 2.06. The summed E-state index contributed by atoms with van der Waals surface area (Å²) in [5.74, 6) is 0.383. The van der Waals surface area contributed by atoms with E-state index in [1.54, 1.807) is 24.0 Å². The van der Waals surface area contributed by atoms with Crippen LogP contribution >= 0.6 is 0 Å². The summed E-state index contributed by atoms with van der Waals surface area (Å²) in [6, 6.07) is 7.15. The minimum Gasteiger partial charge on any atom is -0.508 e. The highest BCUT2D eigenvalue weighted by atomic mass is 16.3. The molecule has 114 valence electrons. The zero-order valence-corrected chi connectivity index (χ0v) is 12.3. The molecule has 1 aromatic carbocycles. The molecule has 0 bridgehead atoms. The summed E-state index contributed by atoms with van der Waals surface area (Å²) in [5, 5.41) is 12.6. The Hall–Kier alpha value is -2.04. The number of phenolic OH excluding ortho intramolecular Hbond substituents is 1. The van der Waals surface area contributed by atoms with Gasteiger partial charge in [0.1, 0.15) is 5.75 Å². The van der Waals surface area contributed by atoms with Crippen molar-refractivity contribution >= 4 is 11.8 Å². The molecule has 1 heterocycles. The van der Waals surface area contributed by atoms with E-state index in [9.17, 15) is 14.7 Å². The van der Waals surface area contributed by atoms with Gasteiger partial charge in [0, 0.05) is 32.5 Å². The maximum atomic E-state index is 12.1. The van der Waals surface area contributed by atoms with Gasteiger partial charge in [0.05, 0.1) is 0 Å². The van der Waals surface area contributed by atoms with E-state index in [0.29, 0.717) is 26.1 Å². The lowest BCUT2D eigenvalue weighted by molar-refractivity contribution is -0.133. The summed E-state index contributed by atoms with van der Waals surface area (Å²) in [4.78, 5) is 25.1. The number of carbonyl (C=O) groups is 2. The molecule has 1 aliphatic heterocycles.